The van der Waals surface area contributed by atoms with Gasteiger partial charge in [0.25, 0.3) is 0 Å². The molecule has 1 aromatic carbocycles. The number of hydrogen-bond donors (Lipinski definition) is 2. The van der Waals surface area contributed by atoms with Gasteiger partial charge in [-0.05, 0) is 30.3 Å². The average molecular weight is 409 g/mol. The van der Waals surface area contributed by atoms with Crippen molar-refractivity contribution >= 4 is 17.6 Å². The summed E-state index contributed by atoms with van der Waals surface area (Å²) in [4.78, 5) is 23.1. The first-order valence-electron chi connectivity index (χ1n) is 9.37. The fourth-order valence-electron chi connectivity index (χ4n) is 3.27. The molecule has 0 unspecified atom stereocenters. The van der Waals surface area contributed by atoms with Crippen LogP contribution in [0.15, 0.2) is 55.0 Å². The summed E-state index contributed by atoms with van der Waals surface area (Å²) < 4.78 is 19.9. The zero-order valence-corrected chi connectivity index (χ0v) is 16.0. The van der Waals surface area contributed by atoms with Gasteiger partial charge in [-0.15, -0.1) is 0 Å². The Labute approximate surface area is 172 Å². The molecule has 1 saturated heterocycles. The first kappa shape index (κ1) is 19.4. The first-order chi connectivity index (χ1) is 14.5. The van der Waals surface area contributed by atoms with Gasteiger partial charge < -0.3 is 25.4 Å². The fourth-order valence-corrected chi connectivity index (χ4v) is 3.27. The van der Waals surface area contributed by atoms with Crippen molar-refractivity contribution in [2.24, 2.45) is 0 Å². The summed E-state index contributed by atoms with van der Waals surface area (Å²) in [5.41, 5.74) is 7.34. The Morgan fingerprint density at radius 1 is 1.07 bits per heavy atom. The molecule has 1 aliphatic heterocycles. The number of hydrogen-bond acceptors (Lipinski definition) is 6. The van der Waals surface area contributed by atoms with Gasteiger partial charge >= 0.3 is 6.09 Å². The molecule has 0 bridgehead atoms. The van der Waals surface area contributed by atoms with Crippen LogP contribution in [-0.4, -0.2) is 52.2 Å². The van der Waals surface area contributed by atoms with Gasteiger partial charge in [0.15, 0.2) is 11.6 Å². The van der Waals surface area contributed by atoms with Gasteiger partial charge in [0.2, 0.25) is 0 Å². The Morgan fingerprint density at radius 2 is 1.87 bits per heavy atom. The van der Waals surface area contributed by atoms with E-state index in [4.69, 9.17) is 15.6 Å². The lowest BCUT2D eigenvalue weighted by Gasteiger charge is -2.33. The van der Waals surface area contributed by atoms with Gasteiger partial charge in [0, 0.05) is 67.7 Å². The van der Waals surface area contributed by atoms with E-state index in [2.05, 4.69) is 9.97 Å². The van der Waals surface area contributed by atoms with Gasteiger partial charge in [-0.1, -0.05) is 0 Å². The van der Waals surface area contributed by atoms with Crippen LogP contribution in [0.25, 0.3) is 11.1 Å². The summed E-state index contributed by atoms with van der Waals surface area (Å²) in [6.45, 7) is 2.03. The Balaban J connectivity index is 1.53. The van der Waals surface area contributed by atoms with Crippen molar-refractivity contribution in [2.75, 3.05) is 36.8 Å². The fraction of sp³-hybridized carbons (Fsp3) is 0.190. The van der Waals surface area contributed by atoms with Gasteiger partial charge in [-0.3, -0.25) is 4.98 Å². The second-order valence-electron chi connectivity index (χ2n) is 6.83. The number of piperazine rings is 1. The molecule has 3 heterocycles. The predicted octanol–water partition coefficient (Wildman–Crippen LogP) is 3.46. The summed E-state index contributed by atoms with van der Waals surface area (Å²) in [6.07, 6.45) is 3.99. The lowest BCUT2D eigenvalue weighted by Crippen LogP contribution is -2.48. The van der Waals surface area contributed by atoms with Crippen LogP contribution in [0.2, 0.25) is 0 Å². The molecule has 1 aliphatic rings. The molecule has 0 atom stereocenters. The van der Waals surface area contributed by atoms with Crippen LogP contribution >= 0.6 is 0 Å². The third-order valence-corrected chi connectivity index (χ3v) is 4.89. The predicted molar refractivity (Wildman–Crippen MR) is 110 cm³/mol. The molecule has 0 saturated carbocycles. The number of halogens is 1. The van der Waals surface area contributed by atoms with E-state index in [1.807, 2.05) is 17.0 Å². The number of carboxylic acid groups (broad SMARTS) is 1. The van der Waals surface area contributed by atoms with Gasteiger partial charge in [-0.25, -0.2) is 14.2 Å². The quantitative estimate of drug-likeness (QED) is 0.636. The minimum atomic E-state index is -0.903. The van der Waals surface area contributed by atoms with E-state index in [9.17, 15) is 9.18 Å². The third-order valence-electron chi connectivity index (χ3n) is 4.89. The van der Waals surface area contributed by atoms with Gasteiger partial charge in [-0.2, -0.15) is 0 Å². The van der Waals surface area contributed by atoms with E-state index >= 15 is 0 Å². The molecule has 1 fully saturated rings. The van der Waals surface area contributed by atoms with Crippen molar-refractivity contribution in [1.29, 1.82) is 0 Å². The molecule has 2 aromatic heterocycles. The molecule has 0 spiro atoms. The zero-order chi connectivity index (χ0) is 21.1. The van der Waals surface area contributed by atoms with E-state index in [0.29, 0.717) is 43.2 Å². The molecule has 1 amide bonds. The molecule has 4 rings (SSSR count). The standard InChI is InChI=1S/C21H20FN5O3/c22-17-11-15(23)2-3-19(17)30-18-5-6-24-13-16(18)14-1-4-20(25-12-14)26-7-9-27(10-8-26)21(28)29/h1-6,11-13H,7-10,23H2,(H,28,29). The maximum absolute atomic E-state index is 14.1. The van der Waals surface area contributed by atoms with Crippen molar-refractivity contribution < 1.29 is 19.0 Å². The Hall–Kier alpha value is -3.88. The number of ether oxygens (including phenoxy) is 1. The van der Waals surface area contributed by atoms with Crippen molar-refractivity contribution in [3.8, 4) is 22.6 Å². The third kappa shape index (κ3) is 4.09. The summed E-state index contributed by atoms with van der Waals surface area (Å²) in [5, 5.41) is 9.06. The molecule has 9 heteroatoms. The number of pyridine rings is 2. The molecule has 3 N–H and O–H groups in total. The molecule has 30 heavy (non-hydrogen) atoms. The Kier molecular flexibility index (Phi) is 5.34. The lowest BCUT2D eigenvalue weighted by atomic mass is 10.1. The normalized spacial score (nSPS) is 13.9. The average Bonchev–Trinajstić information content (AvgIpc) is 2.76. The van der Waals surface area contributed by atoms with Crippen molar-refractivity contribution in [3.63, 3.8) is 0 Å². The highest BCUT2D eigenvalue weighted by molar-refractivity contribution is 5.70. The van der Waals surface area contributed by atoms with Crippen LogP contribution < -0.4 is 15.4 Å². The van der Waals surface area contributed by atoms with E-state index < -0.39 is 11.9 Å². The molecular weight excluding hydrogens is 389 g/mol. The number of aromatic nitrogens is 2. The van der Waals surface area contributed by atoms with Crippen LogP contribution in [0.5, 0.6) is 11.5 Å². The maximum atomic E-state index is 14.1. The van der Waals surface area contributed by atoms with Crippen LogP contribution in [0.3, 0.4) is 0 Å². The first-order valence-corrected chi connectivity index (χ1v) is 9.37. The van der Waals surface area contributed by atoms with Crippen molar-refractivity contribution in [3.05, 3.63) is 60.8 Å². The second-order valence-corrected chi connectivity index (χ2v) is 6.83. The summed E-state index contributed by atoms with van der Waals surface area (Å²) in [6, 6.07) is 9.66. The molecular formula is C21H20FN5O3. The zero-order valence-electron chi connectivity index (χ0n) is 16.0. The highest BCUT2D eigenvalue weighted by atomic mass is 19.1. The van der Waals surface area contributed by atoms with E-state index in [1.54, 1.807) is 30.7 Å². The van der Waals surface area contributed by atoms with Gasteiger partial charge in [0.1, 0.15) is 11.6 Å². The van der Waals surface area contributed by atoms with Crippen LogP contribution in [0.1, 0.15) is 0 Å². The largest absolute Gasteiger partial charge is 0.465 e. The van der Waals surface area contributed by atoms with Crippen LogP contribution in [-0.2, 0) is 0 Å². The highest BCUT2D eigenvalue weighted by Gasteiger charge is 2.21. The Morgan fingerprint density at radius 3 is 2.53 bits per heavy atom. The minimum absolute atomic E-state index is 0.0672. The van der Waals surface area contributed by atoms with E-state index in [0.717, 1.165) is 11.4 Å². The van der Waals surface area contributed by atoms with Crippen molar-refractivity contribution in [2.45, 2.75) is 0 Å². The number of anilines is 2. The summed E-state index contributed by atoms with van der Waals surface area (Å²) >= 11 is 0. The van der Waals surface area contributed by atoms with Gasteiger partial charge in [0.05, 0.1) is 0 Å². The molecule has 154 valence electrons. The number of rotatable bonds is 4. The molecule has 0 radical (unpaired) electrons. The molecule has 8 nitrogen and oxygen atoms in total. The topological polar surface area (TPSA) is 105 Å². The SMILES string of the molecule is Nc1ccc(Oc2ccncc2-c2ccc(N3CCN(C(=O)O)CC3)nc2)c(F)c1. The number of nitrogens with two attached hydrogens (primary N) is 1. The molecule has 3 aromatic rings. The van der Waals surface area contributed by atoms with Crippen LogP contribution in [0.4, 0.5) is 20.7 Å². The number of nitrogen functional groups attached to an aromatic ring is 1. The number of benzene rings is 1. The van der Waals surface area contributed by atoms with E-state index in [-0.39, 0.29) is 5.75 Å². The summed E-state index contributed by atoms with van der Waals surface area (Å²) in [7, 11) is 0. The minimum Gasteiger partial charge on any atom is -0.465 e. The number of carbonyl (C=O) groups is 1. The number of amides is 1. The lowest BCUT2D eigenvalue weighted by molar-refractivity contribution is 0.142. The van der Waals surface area contributed by atoms with E-state index in [1.165, 1.54) is 17.0 Å². The summed E-state index contributed by atoms with van der Waals surface area (Å²) in [5.74, 6) is 0.724. The maximum Gasteiger partial charge on any atom is 0.407 e. The van der Waals surface area contributed by atoms with Crippen LogP contribution in [0, 0.1) is 5.82 Å². The molecule has 0 aliphatic carbocycles. The Bertz CT molecular complexity index is 1050. The van der Waals surface area contributed by atoms with Crippen molar-refractivity contribution in [1.82, 2.24) is 14.9 Å². The monoisotopic (exact) mass is 409 g/mol. The highest BCUT2D eigenvalue weighted by Crippen LogP contribution is 2.34. The smallest absolute Gasteiger partial charge is 0.407 e. The number of nitrogens with zero attached hydrogens (tertiary/aromatic N) is 4. The second kappa shape index (κ2) is 8.24.